The van der Waals surface area contributed by atoms with E-state index >= 15 is 0 Å². The molecule has 0 aliphatic rings. The summed E-state index contributed by atoms with van der Waals surface area (Å²) >= 11 is 0. The summed E-state index contributed by atoms with van der Waals surface area (Å²) in [5.74, 6) is -0.0856. The second kappa shape index (κ2) is 15.1. The predicted molar refractivity (Wildman–Crippen MR) is 209 cm³/mol. The molecule has 8 rings (SSSR count). The predicted octanol–water partition coefficient (Wildman–Crippen LogP) is 11.6. The second-order valence-corrected chi connectivity index (χ2v) is 18.7. The number of hydrogen-bond donors (Lipinski definition) is 0. The van der Waals surface area contributed by atoms with Crippen LogP contribution in [0.5, 0.6) is 0 Å². The molecule has 0 aliphatic carbocycles. The number of nitrogens with zero attached hydrogens (tertiary/aromatic N) is 2. The van der Waals surface area contributed by atoms with Crippen LogP contribution in [0, 0.1) is 18.1 Å². The molecule has 0 amide bonds. The molecule has 0 saturated carbocycles. The van der Waals surface area contributed by atoms with Crippen molar-refractivity contribution in [3.63, 3.8) is 0 Å². The topological polar surface area (TPSA) is 38.9 Å². The zero-order valence-corrected chi connectivity index (χ0v) is 32.3. The van der Waals surface area contributed by atoms with E-state index in [1.165, 1.54) is 5.56 Å². The Morgan fingerprint density at radius 1 is 0.700 bits per heavy atom. The SMILES string of the molecule is [2H]C([2H])(c1cc(-c2[c-]cccc2)ncc1[Si](C)(C)C)C(C)C.[Ir].[c-]1ccc2c(oc3cc(-c4ccccc4)ccc32)c1-c1cc2ccccc2cn1. The van der Waals surface area contributed by atoms with Gasteiger partial charge in [-0.2, -0.15) is 0 Å². The molecular formula is C45H40IrN2OSi-2. The largest absolute Gasteiger partial charge is 0.501 e. The summed E-state index contributed by atoms with van der Waals surface area (Å²) < 4.78 is 23.4. The maximum absolute atomic E-state index is 8.55. The summed E-state index contributed by atoms with van der Waals surface area (Å²) in [4.78, 5) is 9.26. The van der Waals surface area contributed by atoms with Crippen molar-refractivity contribution in [2.24, 2.45) is 5.92 Å². The minimum Gasteiger partial charge on any atom is -0.501 e. The minimum absolute atomic E-state index is 0. The Labute approximate surface area is 312 Å². The molecular weight excluding hydrogens is 805 g/mol. The molecule has 50 heavy (non-hydrogen) atoms. The summed E-state index contributed by atoms with van der Waals surface area (Å²) in [5, 5.41) is 5.58. The van der Waals surface area contributed by atoms with Gasteiger partial charge in [-0.1, -0.05) is 129 Å². The van der Waals surface area contributed by atoms with Crippen LogP contribution >= 0.6 is 0 Å². The second-order valence-electron chi connectivity index (χ2n) is 13.6. The van der Waals surface area contributed by atoms with Gasteiger partial charge in [0.05, 0.1) is 13.7 Å². The van der Waals surface area contributed by atoms with Crippen molar-refractivity contribution in [3.8, 4) is 33.6 Å². The number of pyridine rings is 2. The van der Waals surface area contributed by atoms with Crippen LogP contribution in [0.4, 0.5) is 0 Å². The molecule has 0 atom stereocenters. The number of furan rings is 1. The van der Waals surface area contributed by atoms with Crippen LogP contribution in [0.25, 0.3) is 66.4 Å². The Kier molecular flexibility index (Phi) is 9.80. The van der Waals surface area contributed by atoms with Gasteiger partial charge in [0.25, 0.3) is 0 Å². The Morgan fingerprint density at radius 2 is 1.44 bits per heavy atom. The van der Waals surface area contributed by atoms with E-state index < -0.39 is 14.4 Å². The summed E-state index contributed by atoms with van der Waals surface area (Å²) in [6.07, 6.45) is 2.44. The van der Waals surface area contributed by atoms with E-state index in [4.69, 9.17) is 7.16 Å². The molecule has 0 fully saturated rings. The summed E-state index contributed by atoms with van der Waals surface area (Å²) in [6.45, 7) is 10.6. The first-order valence-electron chi connectivity index (χ1n) is 17.8. The monoisotopic (exact) mass is 847 g/mol. The third kappa shape index (κ3) is 7.56. The minimum atomic E-state index is -1.67. The molecule has 0 spiro atoms. The molecule has 8 aromatic rings. The molecule has 0 aliphatic heterocycles. The molecule has 0 N–H and O–H groups in total. The van der Waals surface area contributed by atoms with Gasteiger partial charge < -0.3 is 14.4 Å². The standard InChI is InChI=1S/C27H16NO.C18H24NSi.Ir/c1-2-7-18(8-3-1)20-13-14-22-23-11-6-12-24(27(23)29-26(22)16-20)25-15-19-9-4-5-10-21(19)17-28-25;1-14(2)11-16-12-17(15-9-7-6-8-10-15)19-13-18(16)20(3,4)5;/h1-11,13-17H;6-9,12-14H,11H2,1-5H3;/q2*-1;/i;11D2;. The van der Waals surface area contributed by atoms with Gasteiger partial charge in [0.15, 0.2) is 0 Å². The summed E-state index contributed by atoms with van der Waals surface area (Å²) in [7, 11) is -1.67. The van der Waals surface area contributed by atoms with Crippen molar-refractivity contribution in [2.75, 3.05) is 0 Å². The maximum atomic E-state index is 8.55. The van der Waals surface area contributed by atoms with E-state index in [0.29, 0.717) is 0 Å². The van der Waals surface area contributed by atoms with E-state index in [9.17, 15) is 0 Å². The number of benzene rings is 5. The molecule has 1 radical (unpaired) electrons. The Balaban J connectivity index is 0.000000183. The third-order valence-electron chi connectivity index (χ3n) is 8.57. The van der Waals surface area contributed by atoms with Crippen molar-refractivity contribution in [1.29, 1.82) is 0 Å². The molecule has 3 nitrogen and oxygen atoms in total. The molecule has 5 aromatic carbocycles. The Hall–Kier alpha value is -4.67. The molecule has 0 saturated heterocycles. The first-order chi connectivity index (χ1) is 24.5. The average molecular weight is 847 g/mol. The van der Waals surface area contributed by atoms with Gasteiger partial charge in [0.1, 0.15) is 5.58 Å². The maximum Gasteiger partial charge on any atom is 0.121 e. The van der Waals surface area contributed by atoms with Crippen LogP contribution in [0.1, 0.15) is 22.2 Å². The molecule has 3 heterocycles. The number of rotatable bonds is 6. The van der Waals surface area contributed by atoms with Crippen LogP contribution < -0.4 is 5.19 Å². The fourth-order valence-electron chi connectivity index (χ4n) is 6.15. The third-order valence-corrected chi connectivity index (χ3v) is 10.6. The molecule has 5 heteroatoms. The van der Waals surface area contributed by atoms with Crippen molar-refractivity contribution in [2.45, 2.75) is 39.9 Å². The van der Waals surface area contributed by atoms with Gasteiger partial charge in [-0.05, 0) is 56.8 Å². The zero-order chi connectivity index (χ0) is 35.8. The van der Waals surface area contributed by atoms with Gasteiger partial charge in [0, 0.05) is 40.6 Å². The van der Waals surface area contributed by atoms with Gasteiger partial charge in [-0.3, -0.25) is 0 Å². The van der Waals surface area contributed by atoms with Crippen LogP contribution in [-0.4, -0.2) is 18.0 Å². The van der Waals surface area contributed by atoms with Gasteiger partial charge in [-0.25, -0.2) is 0 Å². The van der Waals surface area contributed by atoms with Crippen LogP contribution in [0.15, 0.2) is 138 Å². The Bertz CT molecular complexity index is 2470. The number of hydrogen-bond acceptors (Lipinski definition) is 3. The van der Waals surface area contributed by atoms with E-state index in [0.717, 1.165) is 71.5 Å². The van der Waals surface area contributed by atoms with Crippen molar-refractivity contribution in [3.05, 3.63) is 151 Å². The van der Waals surface area contributed by atoms with Crippen molar-refractivity contribution < 1.29 is 27.3 Å². The van der Waals surface area contributed by atoms with Crippen molar-refractivity contribution >= 4 is 46.0 Å². The smallest absolute Gasteiger partial charge is 0.121 e. The van der Waals surface area contributed by atoms with Gasteiger partial charge in [0.2, 0.25) is 0 Å². The average Bonchev–Trinajstić information content (AvgIpc) is 3.53. The van der Waals surface area contributed by atoms with E-state index in [2.05, 4.69) is 108 Å². The van der Waals surface area contributed by atoms with Crippen LogP contribution in [0.2, 0.25) is 19.6 Å². The van der Waals surface area contributed by atoms with Gasteiger partial charge >= 0.3 is 0 Å². The zero-order valence-electron chi connectivity index (χ0n) is 30.9. The van der Waals surface area contributed by atoms with Crippen molar-refractivity contribution in [1.82, 2.24) is 9.97 Å². The van der Waals surface area contributed by atoms with E-state index in [1.54, 1.807) is 0 Å². The normalized spacial score (nSPS) is 12.3. The fraction of sp³-hybridized carbons (Fsp3) is 0.156. The number of aromatic nitrogens is 2. The van der Waals surface area contributed by atoms with Gasteiger partial charge in [-0.15, -0.1) is 54.1 Å². The van der Waals surface area contributed by atoms with E-state index in [1.807, 2.05) is 80.8 Å². The summed E-state index contributed by atoms with van der Waals surface area (Å²) in [6, 6.07) is 47.3. The molecule has 0 bridgehead atoms. The van der Waals surface area contributed by atoms with E-state index in [-0.39, 0.29) is 26.0 Å². The molecule has 3 aromatic heterocycles. The molecule has 251 valence electrons. The first kappa shape index (κ1) is 32.5. The summed E-state index contributed by atoms with van der Waals surface area (Å²) in [5.41, 5.74) is 8.29. The molecule has 0 unspecified atom stereocenters. The Morgan fingerprint density at radius 3 is 2.18 bits per heavy atom. The quantitative estimate of drug-likeness (QED) is 0.124. The van der Waals surface area contributed by atoms with Crippen LogP contribution in [-0.2, 0) is 26.5 Å². The van der Waals surface area contributed by atoms with Crippen LogP contribution in [0.3, 0.4) is 0 Å². The fourth-order valence-corrected chi connectivity index (χ4v) is 7.55. The first-order valence-corrected chi connectivity index (χ1v) is 20.3. The number of fused-ring (bicyclic) bond motifs is 4.